The maximum Gasteiger partial charge on any atom is 0.239 e. The molecule has 0 aromatic heterocycles. The molecule has 4 heteroatoms. The molecule has 0 aromatic rings. The van der Waals surface area contributed by atoms with Crippen LogP contribution in [0.3, 0.4) is 0 Å². The van der Waals surface area contributed by atoms with E-state index >= 15 is 0 Å². The Morgan fingerprint density at radius 1 is 1.27 bits per heavy atom. The summed E-state index contributed by atoms with van der Waals surface area (Å²) in [4.78, 5) is 14.1. The fraction of sp³-hybridized carbons (Fsp3) is 0.909. The highest BCUT2D eigenvalue weighted by Gasteiger charge is 2.29. The van der Waals surface area contributed by atoms with Crippen molar-refractivity contribution in [2.75, 3.05) is 26.7 Å². The number of rotatable bonds is 2. The molecular formula is C11H21N3O. The van der Waals surface area contributed by atoms with E-state index in [9.17, 15) is 4.79 Å². The van der Waals surface area contributed by atoms with E-state index in [0.29, 0.717) is 6.04 Å². The molecule has 2 saturated heterocycles. The van der Waals surface area contributed by atoms with Crippen LogP contribution in [0.1, 0.15) is 25.7 Å². The van der Waals surface area contributed by atoms with Gasteiger partial charge in [0.1, 0.15) is 0 Å². The monoisotopic (exact) mass is 211 g/mol. The van der Waals surface area contributed by atoms with Gasteiger partial charge in [0.25, 0.3) is 0 Å². The van der Waals surface area contributed by atoms with Crippen molar-refractivity contribution < 1.29 is 4.79 Å². The predicted molar refractivity (Wildman–Crippen MR) is 59.7 cm³/mol. The summed E-state index contributed by atoms with van der Waals surface area (Å²) in [5, 5.41) is 6.61. The third kappa shape index (κ3) is 2.49. The van der Waals surface area contributed by atoms with E-state index in [4.69, 9.17) is 0 Å². The van der Waals surface area contributed by atoms with Crippen molar-refractivity contribution in [3.63, 3.8) is 0 Å². The van der Waals surface area contributed by atoms with Gasteiger partial charge in [-0.1, -0.05) is 6.42 Å². The first kappa shape index (κ1) is 10.9. The molecule has 4 nitrogen and oxygen atoms in total. The molecule has 2 heterocycles. The number of hydrogen-bond acceptors (Lipinski definition) is 3. The second-order valence-corrected chi connectivity index (χ2v) is 4.60. The molecule has 15 heavy (non-hydrogen) atoms. The van der Waals surface area contributed by atoms with Crippen LogP contribution in [0.25, 0.3) is 0 Å². The van der Waals surface area contributed by atoms with E-state index in [1.807, 2.05) is 11.9 Å². The van der Waals surface area contributed by atoms with Crippen LogP contribution in [0.2, 0.25) is 0 Å². The number of hydrogen-bond donors (Lipinski definition) is 2. The van der Waals surface area contributed by atoms with Gasteiger partial charge in [0.2, 0.25) is 5.91 Å². The Hall–Kier alpha value is -0.610. The third-order valence-electron chi connectivity index (χ3n) is 3.54. The van der Waals surface area contributed by atoms with Gasteiger partial charge < -0.3 is 15.5 Å². The standard InChI is InChI=1S/C11H21N3O/c1-14(9-5-7-12-8-9)11(15)10-4-2-3-6-13-10/h9-10,12-13H,2-8H2,1H3. The second-order valence-electron chi connectivity index (χ2n) is 4.60. The van der Waals surface area contributed by atoms with Crippen LogP contribution in [-0.2, 0) is 4.79 Å². The van der Waals surface area contributed by atoms with Crippen molar-refractivity contribution in [3.8, 4) is 0 Å². The molecule has 2 atom stereocenters. The zero-order valence-electron chi connectivity index (χ0n) is 9.46. The Bertz CT molecular complexity index is 220. The molecule has 0 bridgehead atoms. The number of carbonyl (C=O) groups is 1. The summed E-state index contributed by atoms with van der Waals surface area (Å²) in [7, 11) is 1.94. The number of nitrogens with one attached hydrogen (secondary N) is 2. The van der Waals surface area contributed by atoms with Gasteiger partial charge >= 0.3 is 0 Å². The first-order valence-corrected chi connectivity index (χ1v) is 6.00. The number of likely N-dealkylation sites (N-methyl/N-ethyl adjacent to an activating group) is 1. The minimum absolute atomic E-state index is 0.0735. The van der Waals surface area contributed by atoms with Gasteiger partial charge in [-0.2, -0.15) is 0 Å². The molecule has 2 N–H and O–H groups in total. The number of piperidine rings is 1. The zero-order chi connectivity index (χ0) is 10.7. The minimum atomic E-state index is 0.0735. The highest BCUT2D eigenvalue weighted by molar-refractivity contribution is 5.82. The molecule has 86 valence electrons. The molecule has 0 radical (unpaired) electrons. The van der Waals surface area contributed by atoms with Gasteiger partial charge in [0, 0.05) is 19.6 Å². The van der Waals surface area contributed by atoms with Crippen LogP contribution in [0.4, 0.5) is 0 Å². The molecule has 1 amide bonds. The van der Waals surface area contributed by atoms with Crippen molar-refractivity contribution >= 4 is 5.91 Å². The lowest BCUT2D eigenvalue weighted by Gasteiger charge is -2.30. The first-order valence-electron chi connectivity index (χ1n) is 6.00. The zero-order valence-corrected chi connectivity index (χ0v) is 9.46. The van der Waals surface area contributed by atoms with E-state index in [2.05, 4.69) is 10.6 Å². The third-order valence-corrected chi connectivity index (χ3v) is 3.54. The fourth-order valence-electron chi connectivity index (χ4n) is 2.46. The van der Waals surface area contributed by atoms with Crippen molar-refractivity contribution in [1.82, 2.24) is 15.5 Å². The van der Waals surface area contributed by atoms with Crippen LogP contribution in [0.5, 0.6) is 0 Å². The van der Waals surface area contributed by atoms with Gasteiger partial charge in [-0.3, -0.25) is 4.79 Å². The molecule has 2 aliphatic rings. The maximum atomic E-state index is 12.1. The predicted octanol–water partition coefficient (Wildman–Crippen LogP) is -0.0512. The summed E-state index contributed by atoms with van der Waals surface area (Å²) in [6.45, 7) is 2.99. The lowest BCUT2D eigenvalue weighted by Crippen LogP contribution is -2.50. The van der Waals surface area contributed by atoms with E-state index in [1.165, 1.54) is 12.8 Å². The fourth-order valence-corrected chi connectivity index (χ4v) is 2.46. The molecule has 0 spiro atoms. The lowest BCUT2D eigenvalue weighted by molar-refractivity contribution is -0.134. The summed E-state index contributed by atoms with van der Waals surface area (Å²) in [6.07, 6.45) is 4.48. The Morgan fingerprint density at radius 3 is 2.73 bits per heavy atom. The second kappa shape index (κ2) is 4.94. The Balaban J connectivity index is 1.87. The number of nitrogens with zero attached hydrogens (tertiary/aromatic N) is 1. The van der Waals surface area contributed by atoms with E-state index in [-0.39, 0.29) is 11.9 Å². The molecule has 0 saturated carbocycles. The van der Waals surface area contributed by atoms with Crippen molar-refractivity contribution in [1.29, 1.82) is 0 Å². The van der Waals surface area contributed by atoms with Crippen molar-refractivity contribution in [3.05, 3.63) is 0 Å². The van der Waals surface area contributed by atoms with Crippen LogP contribution >= 0.6 is 0 Å². The average Bonchev–Trinajstić information content (AvgIpc) is 2.82. The van der Waals surface area contributed by atoms with Gasteiger partial charge in [-0.15, -0.1) is 0 Å². The van der Waals surface area contributed by atoms with Crippen molar-refractivity contribution in [2.24, 2.45) is 0 Å². The van der Waals surface area contributed by atoms with Crippen molar-refractivity contribution in [2.45, 2.75) is 37.8 Å². The molecule has 2 fully saturated rings. The van der Waals surface area contributed by atoms with Gasteiger partial charge in [-0.25, -0.2) is 0 Å². The number of carbonyl (C=O) groups excluding carboxylic acids is 1. The van der Waals surface area contributed by atoms with E-state index < -0.39 is 0 Å². The Morgan fingerprint density at radius 2 is 2.13 bits per heavy atom. The van der Waals surface area contributed by atoms with Crippen LogP contribution in [-0.4, -0.2) is 49.6 Å². The molecular weight excluding hydrogens is 190 g/mol. The molecule has 0 aromatic carbocycles. The van der Waals surface area contributed by atoms with Gasteiger partial charge in [0.15, 0.2) is 0 Å². The highest BCUT2D eigenvalue weighted by Crippen LogP contribution is 2.13. The summed E-state index contributed by atoms with van der Waals surface area (Å²) in [5.74, 6) is 0.281. The summed E-state index contributed by atoms with van der Waals surface area (Å²) in [5.41, 5.74) is 0. The van der Waals surface area contributed by atoms with Crippen LogP contribution in [0.15, 0.2) is 0 Å². The molecule has 2 unspecified atom stereocenters. The number of amides is 1. The van der Waals surface area contributed by atoms with Gasteiger partial charge in [-0.05, 0) is 32.4 Å². The Kier molecular flexibility index (Phi) is 3.59. The van der Waals surface area contributed by atoms with E-state index in [0.717, 1.165) is 32.5 Å². The maximum absolute atomic E-state index is 12.1. The van der Waals surface area contributed by atoms with Crippen LogP contribution < -0.4 is 10.6 Å². The normalized spacial score (nSPS) is 31.5. The highest BCUT2D eigenvalue weighted by atomic mass is 16.2. The average molecular weight is 211 g/mol. The minimum Gasteiger partial charge on any atom is -0.340 e. The molecule has 2 rings (SSSR count). The first-order chi connectivity index (χ1) is 7.29. The summed E-state index contributed by atoms with van der Waals surface area (Å²) in [6, 6.07) is 0.477. The quantitative estimate of drug-likeness (QED) is 0.673. The molecule has 2 aliphatic heterocycles. The van der Waals surface area contributed by atoms with Gasteiger partial charge in [0.05, 0.1) is 6.04 Å². The lowest BCUT2D eigenvalue weighted by atomic mass is 10.0. The smallest absolute Gasteiger partial charge is 0.239 e. The Labute approximate surface area is 91.4 Å². The van der Waals surface area contributed by atoms with E-state index in [1.54, 1.807) is 0 Å². The van der Waals surface area contributed by atoms with Crippen LogP contribution in [0, 0.1) is 0 Å². The molecule has 0 aliphatic carbocycles. The summed E-state index contributed by atoms with van der Waals surface area (Å²) >= 11 is 0. The largest absolute Gasteiger partial charge is 0.340 e. The topological polar surface area (TPSA) is 44.4 Å². The SMILES string of the molecule is CN(C(=O)C1CCCCN1)C1CCNC1. The summed E-state index contributed by atoms with van der Waals surface area (Å²) < 4.78 is 0.